The Morgan fingerprint density at radius 1 is 1.26 bits per heavy atom. The third kappa shape index (κ3) is 5.03. The third-order valence-electron chi connectivity index (χ3n) is 3.56. The summed E-state index contributed by atoms with van der Waals surface area (Å²) < 4.78 is 0. The van der Waals surface area contributed by atoms with Crippen LogP contribution in [0.2, 0.25) is 0 Å². The number of rotatable bonds is 8. The zero-order valence-electron chi connectivity index (χ0n) is 12.2. The molecule has 0 saturated heterocycles. The molecule has 19 heavy (non-hydrogen) atoms. The van der Waals surface area contributed by atoms with Gasteiger partial charge >= 0.3 is 5.97 Å². The van der Waals surface area contributed by atoms with Crippen LogP contribution in [-0.2, 0) is 4.79 Å². The summed E-state index contributed by atoms with van der Waals surface area (Å²) in [6.45, 7) is 7.64. The van der Waals surface area contributed by atoms with Gasteiger partial charge < -0.3 is 5.11 Å². The van der Waals surface area contributed by atoms with Crippen molar-refractivity contribution in [1.82, 2.24) is 4.90 Å². The summed E-state index contributed by atoms with van der Waals surface area (Å²) in [4.78, 5) is 13.3. The molecule has 2 unspecified atom stereocenters. The third-order valence-corrected chi connectivity index (χ3v) is 3.56. The van der Waals surface area contributed by atoms with E-state index in [-0.39, 0.29) is 12.0 Å². The predicted octanol–water partition coefficient (Wildman–Crippen LogP) is 3.57. The van der Waals surface area contributed by atoms with Crippen molar-refractivity contribution in [2.45, 2.75) is 39.7 Å². The molecule has 0 radical (unpaired) electrons. The fraction of sp³-hybridized carbons (Fsp3) is 0.562. The first-order valence-corrected chi connectivity index (χ1v) is 7.08. The van der Waals surface area contributed by atoms with Crippen LogP contribution < -0.4 is 0 Å². The fourth-order valence-corrected chi connectivity index (χ4v) is 2.18. The molecule has 1 aromatic carbocycles. The number of hydrogen-bond donors (Lipinski definition) is 1. The number of unbranched alkanes of at least 4 members (excludes halogenated alkanes) is 1. The van der Waals surface area contributed by atoms with Crippen LogP contribution in [0.1, 0.15) is 45.2 Å². The van der Waals surface area contributed by atoms with E-state index in [1.54, 1.807) is 6.92 Å². The van der Waals surface area contributed by atoms with Crippen LogP contribution in [0.4, 0.5) is 0 Å². The Bertz CT molecular complexity index is 378. The Hall–Kier alpha value is -1.35. The number of benzene rings is 1. The lowest BCUT2D eigenvalue weighted by Crippen LogP contribution is -2.34. The van der Waals surface area contributed by atoms with Gasteiger partial charge in [-0.15, -0.1) is 0 Å². The average molecular weight is 263 g/mol. The molecule has 1 rings (SSSR count). The summed E-state index contributed by atoms with van der Waals surface area (Å²) in [6.07, 6.45) is 2.23. The van der Waals surface area contributed by atoms with E-state index in [0.717, 1.165) is 19.4 Å². The maximum atomic E-state index is 11.0. The highest BCUT2D eigenvalue weighted by atomic mass is 16.4. The number of carbonyl (C=O) groups is 1. The Balaban J connectivity index is 2.75. The second-order valence-corrected chi connectivity index (χ2v) is 5.17. The molecule has 0 heterocycles. The van der Waals surface area contributed by atoms with Crippen LogP contribution in [0, 0.1) is 5.92 Å². The molecule has 3 heteroatoms. The second kappa shape index (κ2) is 7.95. The molecule has 0 saturated carbocycles. The van der Waals surface area contributed by atoms with Crippen LogP contribution in [0.15, 0.2) is 30.3 Å². The Labute approximate surface area is 116 Å². The quantitative estimate of drug-likeness (QED) is 0.779. The summed E-state index contributed by atoms with van der Waals surface area (Å²) >= 11 is 0. The summed E-state index contributed by atoms with van der Waals surface area (Å²) in [7, 11) is 0. The number of nitrogens with zero attached hydrogens (tertiary/aromatic N) is 1. The van der Waals surface area contributed by atoms with E-state index in [1.807, 2.05) is 18.2 Å². The molecule has 0 spiro atoms. The van der Waals surface area contributed by atoms with Crippen molar-refractivity contribution in [3.05, 3.63) is 35.9 Å². The molecule has 2 atom stereocenters. The Morgan fingerprint density at radius 3 is 2.42 bits per heavy atom. The molecule has 0 aromatic heterocycles. The molecule has 106 valence electrons. The van der Waals surface area contributed by atoms with Crippen molar-refractivity contribution in [2.75, 3.05) is 13.1 Å². The van der Waals surface area contributed by atoms with Gasteiger partial charge in [-0.1, -0.05) is 50.6 Å². The van der Waals surface area contributed by atoms with Crippen molar-refractivity contribution in [1.29, 1.82) is 0 Å². The molecule has 0 fully saturated rings. The molecule has 0 aliphatic heterocycles. The highest BCUT2D eigenvalue weighted by Gasteiger charge is 2.20. The normalized spacial score (nSPS) is 14.3. The minimum Gasteiger partial charge on any atom is -0.481 e. The Morgan fingerprint density at radius 2 is 1.89 bits per heavy atom. The average Bonchev–Trinajstić information content (AvgIpc) is 2.43. The molecule has 1 N–H and O–H groups in total. The predicted molar refractivity (Wildman–Crippen MR) is 78.1 cm³/mol. The first kappa shape index (κ1) is 15.7. The number of carboxylic acids is 1. The highest BCUT2D eigenvalue weighted by Crippen LogP contribution is 2.21. The number of aliphatic carboxylic acids is 1. The van der Waals surface area contributed by atoms with Crippen molar-refractivity contribution in [3.63, 3.8) is 0 Å². The van der Waals surface area contributed by atoms with Crippen LogP contribution in [-0.4, -0.2) is 29.1 Å². The SMILES string of the molecule is CCCCN(CC(C)C(=O)O)C(C)c1ccccc1. The molecule has 0 bridgehead atoms. The molecule has 3 nitrogen and oxygen atoms in total. The minimum atomic E-state index is -0.721. The molecule has 0 aliphatic carbocycles. The summed E-state index contributed by atoms with van der Waals surface area (Å²) in [5.74, 6) is -1.05. The smallest absolute Gasteiger partial charge is 0.307 e. The fourth-order valence-electron chi connectivity index (χ4n) is 2.18. The summed E-state index contributed by atoms with van der Waals surface area (Å²) in [6, 6.07) is 10.5. The lowest BCUT2D eigenvalue weighted by Gasteiger charge is -2.30. The van der Waals surface area contributed by atoms with Gasteiger partial charge in [0.15, 0.2) is 0 Å². The van der Waals surface area contributed by atoms with E-state index in [0.29, 0.717) is 6.54 Å². The van der Waals surface area contributed by atoms with Crippen molar-refractivity contribution in [3.8, 4) is 0 Å². The first-order chi connectivity index (χ1) is 9.06. The zero-order valence-corrected chi connectivity index (χ0v) is 12.2. The second-order valence-electron chi connectivity index (χ2n) is 5.17. The van der Waals surface area contributed by atoms with Gasteiger partial charge in [0.25, 0.3) is 0 Å². The lowest BCUT2D eigenvalue weighted by molar-refractivity contribution is -0.141. The van der Waals surface area contributed by atoms with E-state index >= 15 is 0 Å². The number of hydrogen-bond acceptors (Lipinski definition) is 2. The highest BCUT2D eigenvalue weighted by molar-refractivity contribution is 5.69. The van der Waals surface area contributed by atoms with E-state index in [2.05, 4.69) is 30.9 Å². The van der Waals surface area contributed by atoms with E-state index < -0.39 is 5.97 Å². The van der Waals surface area contributed by atoms with Crippen molar-refractivity contribution >= 4 is 5.97 Å². The van der Waals surface area contributed by atoms with Gasteiger partial charge in [-0.2, -0.15) is 0 Å². The van der Waals surface area contributed by atoms with E-state index in [9.17, 15) is 4.79 Å². The van der Waals surface area contributed by atoms with Gasteiger partial charge in [0.2, 0.25) is 0 Å². The van der Waals surface area contributed by atoms with Gasteiger partial charge in [-0.05, 0) is 25.5 Å². The van der Waals surface area contributed by atoms with Crippen LogP contribution in [0.25, 0.3) is 0 Å². The molecular weight excluding hydrogens is 238 g/mol. The maximum Gasteiger partial charge on any atom is 0.307 e. The minimum absolute atomic E-state index is 0.259. The standard InChI is InChI=1S/C16H25NO2/c1-4-5-11-17(12-13(2)16(18)19)14(3)15-9-7-6-8-10-15/h6-10,13-14H,4-5,11-12H2,1-3H3,(H,18,19). The monoisotopic (exact) mass is 263 g/mol. The van der Waals surface area contributed by atoms with Gasteiger partial charge in [-0.25, -0.2) is 0 Å². The number of carboxylic acid groups (broad SMARTS) is 1. The van der Waals surface area contributed by atoms with Gasteiger partial charge in [-0.3, -0.25) is 9.69 Å². The van der Waals surface area contributed by atoms with Crippen LogP contribution in [0.3, 0.4) is 0 Å². The largest absolute Gasteiger partial charge is 0.481 e. The van der Waals surface area contributed by atoms with Crippen molar-refractivity contribution < 1.29 is 9.90 Å². The molecule has 0 aliphatic rings. The van der Waals surface area contributed by atoms with Crippen LogP contribution in [0.5, 0.6) is 0 Å². The summed E-state index contributed by atoms with van der Waals surface area (Å²) in [5, 5.41) is 9.08. The van der Waals surface area contributed by atoms with Crippen LogP contribution >= 0.6 is 0 Å². The van der Waals surface area contributed by atoms with Gasteiger partial charge in [0.1, 0.15) is 0 Å². The maximum absolute atomic E-state index is 11.0. The van der Waals surface area contributed by atoms with Crippen molar-refractivity contribution in [2.24, 2.45) is 5.92 Å². The zero-order chi connectivity index (χ0) is 14.3. The molecule has 1 aromatic rings. The van der Waals surface area contributed by atoms with E-state index in [1.165, 1.54) is 5.56 Å². The lowest BCUT2D eigenvalue weighted by atomic mass is 10.0. The molecule has 0 amide bonds. The van der Waals surface area contributed by atoms with Gasteiger partial charge in [0, 0.05) is 12.6 Å². The molecular formula is C16H25NO2. The van der Waals surface area contributed by atoms with Gasteiger partial charge in [0.05, 0.1) is 5.92 Å². The summed E-state index contributed by atoms with van der Waals surface area (Å²) in [5.41, 5.74) is 1.25. The first-order valence-electron chi connectivity index (χ1n) is 7.08. The topological polar surface area (TPSA) is 40.5 Å². The van der Waals surface area contributed by atoms with E-state index in [4.69, 9.17) is 5.11 Å². The Kier molecular flexibility index (Phi) is 6.57.